The number of rotatable bonds is 10. The SMILES string of the molecule is CCCSP(=O)(OCC)Oc1ccc(OS(=O)(=O)c2ccc(C)cc2)cc1. The molecule has 148 valence electrons. The monoisotopic (exact) mass is 430 g/mol. The molecule has 0 heterocycles. The molecule has 9 heteroatoms. The molecular formula is C18H23O6PS2. The average Bonchev–Trinajstić information content (AvgIpc) is 2.62. The van der Waals surface area contributed by atoms with Crippen LogP contribution in [-0.4, -0.2) is 20.8 Å². The zero-order valence-corrected chi connectivity index (χ0v) is 18.0. The Bertz CT molecular complexity index is 879. The highest BCUT2D eigenvalue weighted by molar-refractivity contribution is 8.55. The van der Waals surface area contributed by atoms with E-state index in [-0.39, 0.29) is 17.3 Å². The van der Waals surface area contributed by atoms with E-state index in [4.69, 9.17) is 13.2 Å². The molecule has 0 saturated heterocycles. The summed E-state index contributed by atoms with van der Waals surface area (Å²) in [6, 6.07) is 12.3. The molecule has 6 nitrogen and oxygen atoms in total. The first-order valence-corrected chi connectivity index (χ1v) is 13.0. The molecule has 2 rings (SSSR count). The quantitative estimate of drug-likeness (QED) is 0.367. The van der Waals surface area contributed by atoms with Crippen molar-refractivity contribution in [1.82, 2.24) is 0 Å². The molecule has 0 bridgehead atoms. The second kappa shape index (κ2) is 9.64. The highest BCUT2D eigenvalue weighted by Gasteiger charge is 2.26. The lowest BCUT2D eigenvalue weighted by Gasteiger charge is -2.17. The van der Waals surface area contributed by atoms with Gasteiger partial charge in [-0.1, -0.05) is 24.6 Å². The van der Waals surface area contributed by atoms with Crippen LogP contribution in [0.5, 0.6) is 11.5 Å². The summed E-state index contributed by atoms with van der Waals surface area (Å²) < 4.78 is 53.2. The van der Waals surface area contributed by atoms with E-state index in [2.05, 4.69) is 0 Å². The summed E-state index contributed by atoms with van der Waals surface area (Å²) in [5.74, 6) is 1.10. The molecule has 27 heavy (non-hydrogen) atoms. The smallest absolute Gasteiger partial charge is 0.417 e. The third-order valence-electron chi connectivity index (χ3n) is 3.30. The average molecular weight is 430 g/mol. The first kappa shape index (κ1) is 21.8. The molecule has 2 aromatic rings. The predicted molar refractivity (Wildman–Crippen MR) is 108 cm³/mol. The van der Waals surface area contributed by atoms with Gasteiger partial charge >= 0.3 is 16.9 Å². The van der Waals surface area contributed by atoms with E-state index in [9.17, 15) is 13.0 Å². The van der Waals surface area contributed by atoms with Crippen LogP contribution in [0.2, 0.25) is 0 Å². The molecule has 0 radical (unpaired) electrons. The maximum Gasteiger partial charge on any atom is 0.440 e. The lowest BCUT2D eigenvalue weighted by Crippen LogP contribution is -2.09. The summed E-state index contributed by atoms with van der Waals surface area (Å²) in [4.78, 5) is 0.0743. The highest BCUT2D eigenvalue weighted by atomic mass is 32.7. The Kier molecular flexibility index (Phi) is 7.79. The summed E-state index contributed by atoms with van der Waals surface area (Å²) in [5, 5.41) is 0. The largest absolute Gasteiger partial charge is 0.440 e. The van der Waals surface area contributed by atoms with Gasteiger partial charge in [0, 0.05) is 5.75 Å². The van der Waals surface area contributed by atoms with Gasteiger partial charge in [-0.25, -0.2) is 4.57 Å². The minimum absolute atomic E-state index is 0.0743. The molecule has 0 aliphatic rings. The summed E-state index contributed by atoms with van der Waals surface area (Å²) >= 11 is 1.14. The van der Waals surface area contributed by atoms with Gasteiger partial charge in [-0.15, -0.1) is 0 Å². The maximum absolute atomic E-state index is 12.7. The normalized spacial score (nSPS) is 13.7. The highest BCUT2D eigenvalue weighted by Crippen LogP contribution is 2.60. The van der Waals surface area contributed by atoms with Crippen molar-refractivity contribution in [3.63, 3.8) is 0 Å². The summed E-state index contributed by atoms with van der Waals surface area (Å²) in [5.41, 5.74) is 0.954. The van der Waals surface area contributed by atoms with Gasteiger partial charge in [0.15, 0.2) is 0 Å². The molecule has 0 aliphatic carbocycles. The van der Waals surface area contributed by atoms with Crippen molar-refractivity contribution in [1.29, 1.82) is 0 Å². The van der Waals surface area contributed by atoms with Crippen LogP contribution < -0.4 is 8.71 Å². The number of hydrogen-bond donors (Lipinski definition) is 0. The van der Waals surface area contributed by atoms with Crippen LogP contribution in [0.4, 0.5) is 0 Å². The first-order chi connectivity index (χ1) is 12.8. The molecule has 0 aliphatic heterocycles. The van der Waals surface area contributed by atoms with Gasteiger partial charge in [0.25, 0.3) is 0 Å². The van der Waals surface area contributed by atoms with Crippen LogP contribution in [-0.2, 0) is 19.2 Å². The molecule has 0 N–H and O–H groups in total. The zero-order chi connectivity index (χ0) is 19.9. The van der Waals surface area contributed by atoms with Crippen molar-refractivity contribution in [3.8, 4) is 11.5 Å². The van der Waals surface area contributed by atoms with Crippen LogP contribution in [0.25, 0.3) is 0 Å². The molecule has 2 aromatic carbocycles. The molecule has 1 unspecified atom stereocenters. The van der Waals surface area contributed by atoms with E-state index in [0.29, 0.717) is 11.5 Å². The van der Waals surface area contributed by atoms with Crippen molar-refractivity contribution < 1.29 is 26.2 Å². The fourth-order valence-corrected chi connectivity index (χ4v) is 6.40. The number of hydrogen-bond acceptors (Lipinski definition) is 7. The summed E-state index contributed by atoms with van der Waals surface area (Å²) in [6.45, 7) is 2.55. The van der Waals surface area contributed by atoms with Gasteiger partial charge in [0.1, 0.15) is 16.4 Å². The van der Waals surface area contributed by atoms with Crippen molar-refractivity contribution in [2.75, 3.05) is 12.4 Å². The Hall–Kier alpha value is -1.47. The van der Waals surface area contributed by atoms with Crippen molar-refractivity contribution in [2.24, 2.45) is 0 Å². The number of benzene rings is 2. The van der Waals surface area contributed by atoms with Crippen molar-refractivity contribution in [2.45, 2.75) is 32.1 Å². The Labute approximate surface area is 164 Å². The van der Waals surface area contributed by atoms with Crippen molar-refractivity contribution >= 4 is 28.3 Å². The van der Waals surface area contributed by atoms with Gasteiger partial charge < -0.3 is 8.71 Å². The first-order valence-electron chi connectivity index (χ1n) is 8.48. The third-order valence-corrected chi connectivity index (χ3v) is 8.51. The lowest BCUT2D eigenvalue weighted by atomic mass is 10.2. The second-order valence-corrected chi connectivity index (χ2v) is 11.3. The van der Waals surface area contributed by atoms with Gasteiger partial charge in [0.2, 0.25) is 0 Å². The molecule has 0 saturated carbocycles. The third kappa shape index (κ3) is 6.57. The molecule has 0 spiro atoms. The Morgan fingerprint density at radius 3 is 2.11 bits per heavy atom. The second-order valence-electron chi connectivity index (χ2n) is 5.61. The van der Waals surface area contributed by atoms with Gasteiger partial charge in [-0.2, -0.15) is 8.42 Å². The Morgan fingerprint density at radius 1 is 0.963 bits per heavy atom. The minimum Gasteiger partial charge on any atom is -0.417 e. The Balaban J connectivity index is 2.10. The van der Waals surface area contributed by atoms with Crippen LogP contribution in [0, 0.1) is 6.92 Å². The zero-order valence-electron chi connectivity index (χ0n) is 15.5. The lowest BCUT2D eigenvalue weighted by molar-refractivity contribution is 0.296. The van der Waals surface area contributed by atoms with Gasteiger partial charge in [-0.3, -0.25) is 4.52 Å². The topological polar surface area (TPSA) is 78.9 Å². The Morgan fingerprint density at radius 2 is 1.56 bits per heavy atom. The molecular weight excluding hydrogens is 407 g/mol. The summed E-state index contributed by atoms with van der Waals surface area (Å²) in [7, 11) is -3.92. The van der Waals surface area contributed by atoms with Crippen LogP contribution in [0.15, 0.2) is 53.4 Å². The van der Waals surface area contributed by atoms with E-state index in [0.717, 1.165) is 23.4 Å². The standard InChI is InChI=1S/C18H23O6PS2/c1-4-14-26-25(19,22-5-2)23-16-8-10-17(11-9-16)24-27(20,21)18-12-6-15(3)7-13-18/h6-13H,4-5,14H2,1-3H3. The molecule has 0 aromatic heterocycles. The van der Waals surface area contributed by atoms with Crippen LogP contribution >= 0.6 is 18.2 Å². The van der Waals surface area contributed by atoms with E-state index >= 15 is 0 Å². The molecule has 1 atom stereocenters. The predicted octanol–water partition coefficient (Wildman–Crippen LogP) is 5.43. The van der Waals surface area contributed by atoms with E-state index in [1.807, 2.05) is 13.8 Å². The fourth-order valence-electron chi connectivity index (χ4n) is 2.02. The molecule has 0 fully saturated rings. The van der Waals surface area contributed by atoms with Gasteiger partial charge in [0.05, 0.1) is 6.61 Å². The fraction of sp³-hybridized carbons (Fsp3) is 0.333. The van der Waals surface area contributed by atoms with E-state index < -0.39 is 16.9 Å². The maximum atomic E-state index is 12.7. The van der Waals surface area contributed by atoms with E-state index in [1.165, 1.54) is 36.4 Å². The minimum atomic E-state index is -3.92. The van der Waals surface area contributed by atoms with Crippen LogP contribution in [0.3, 0.4) is 0 Å². The van der Waals surface area contributed by atoms with Gasteiger partial charge in [-0.05, 0) is 68.0 Å². The van der Waals surface area contributed by atoms with Crippen molar-refractivity contribution in [3.05, 3.63) is 54.1 Å². The van der Waals surface area contributed by atoms with E-state index in [1.54, 1.807) is 19.1 Å². The molecule has 0 amide bonds. The summed E-state index contributed by atoms with van der Waals surface area (Å²) in [6.07, 6.45) is 0.842. The van der Waals surface area contributed by atoms with Crippen LogP contribution in [0.1, 0.15) is 25.8 Å². The number of aryl methyl sites for hydroxylation is 1.